The summed E-state index contributed by atoms with van der Waals surface area (Å²) in [6.45, 7) is 5.50. The van der Waals surface area contributed by atoms with Gasteiger partial charge in [-0.2, -0.15) is 0 Å². The Morgan fingerprint density at radius 1 is 1.05 bits per heavy atom. The van der Waals surface area contributed by atoms with E-state index < -0.39 is 0 Å². The van der Waals surface area contributed by atoms with Gasteiger partial charge in [-0.3, -0.25) is 0 Å². The van der Waals surface area contributed by atoms with Crippen molar-refractivity contribution < 1.29 is 10.2 Å². The first kappa shape index (κ1) is 15.2. The predicted molar refractivity (Wildman–Crippen MR) is 88.3 cm³/mol. The van der Waals surface area contributed by atoms with Crippen molar-refractivity contribution in [1.29, 1.82) is 0 Å². The van der Waals surface area contributed by atoms with Gasteiger partial charge in [0, 0.05) is 6.61 Å². The van der Waals surface area contributed by atoms with Gasteiger partial charge in [0.05, 0.1) is 6.61 Å². The van der Waals surface area contributed by atoms with Gasteiger partial charge >= 0.3 is 0 Å². The third kappa shape index (κ3) is 1.80. The van der Waals surface area contributed by atoms with Crippen LogP contribution in [0.2, 0.25) is 0 Å². The molecule has 0 aliphatic heterocycles. The number of allylic oxidation sites excluding steroid dienone is 1. The topological polar surface area (TPSA) is 40.5 Å². The van der Waals surface area contributed by atoms with Crippen LogP contribution in [0.5, 0.6) is 0 Å². The van der Waals surface area contributed by atoms with Crippen molar-refractivity contribution in [3.63, 3.8) is 0 Å². The third-order valence-electron chi connectivity index (χ3n) is 8.46. The standard InChI is InChI=1S/C20H32O2/c1-18(13-22)7-3-8-19(2)16(18)6-9-20-10-14(4-5-17(19)20)15(11-20)12-21/h11,14,16-17,21-22H,3-10,12-13H2,1-2H3/t14-,16-,17+,18+,19-,20+/m0/s1. The Kier molecular flexibility index (Phi) is 3.34. The largest absolute Gasteiger partial charge is 0.396 e. The lowest BCUT2D eigenvalue weighted by atomic mass is 9.41. The summed E-state index contributed by atoms with van der Waals surface area (Å²) >= 11 is 0. The molecule has 4 rings (SSSR count). The molecule has 0 unspecified atom stereocenters. The van der Waals surface area contributed by atoms with Crippen molar-refractivity contribution >= 4 is 0 Å². The summed E-state index contributed by atoms with van der Waals surface area (Å²) in [7, 11) is 0. The van der Waals surface area contributed by atoms with Gasteiger partial charge in [0.1, 0.15) is 0 Å². The lowest BCUT2D eigenvalue weighted by Gasteiger charge is -2.64. The molecule has 0 aromatic heterocycles. The van der Waals surface area contributed by atoms with E-state index in [1.807, 2.05) is 0 Å². The first-order valence-corrected chi connectivity index (χ1v) is 9.41. The maximum atomic E-state index is 10.1. The van der Waals surface area contributed by atoms with E-state index in [2.05, 4.69) is 19.9 Å². The molecular formula is C20H32O2. The highest BCUT2D eigenvalue weighted by molar-refractivity contribution is 5.28. The van der Waals surface area contributed by atoms with Crippen LogP contribution < -0.4 is 0 Å². The fourth-order valence-corrected chi connectivity index (χ4v) is 7.55. The molecular weight excluding hydrogens is 272 g/mol. The van der Waals surface area contributed by atoms with Crippen molar-refractivity contribution in [2.45, 2.75) is 65.2 Å². The molecule has 124 valence electrons. The van der Waals surface area contributed by atoms with Gasteiger partial charge in [0.25, 0.3) is 0 Å². The van der Waals surface area contributed by atoms with Gasteiger partial charge in [0.15, 0.2) is 0 Å². The van der Waals surface area contributed by atoms with E-state index in [1.54, 1.807) is 0 Å². The minimum absolute atomic E-state index is 0.133. The van der Waals surface area contributed by atoms with Crippen molar-refractivity contribution in [3.8, 4) is 0 Å². The lowest BCUT2D eigenvalue weighted by Crippen LogP contribution is -2.57. The molecule has 0 radical (unpaired) electrons. The quantitative estimate of drug-likeness (QED) is 0.759. The summed E-state index contributed by atoms with van der Waals surface area (Å²) in [6, 6.07) is 0. The summed E-state index contributed by atoms with van der Waals surface area (Å²) in [5.41, 5.74) is 2.23. The smallest absolute Gasteiger partial charge is 0.0644 e. The molecule has 2 bridgehead atoms. The van der Waals surface area contributed by atoms with E-state index >= 15 is 0 Å². The van der Waals surface area contributed by atoms with E-state index in [1.165, 1.54) is 56.9 Å². The number of aliphatic hydroxyl groups excluding tert-OH is 2. The van der Waals surface area contributed by atoms with Crippen LogP contribution in [-0.2, 0) is 0 Å². The van der Waals surface area contributed by atoms with Crippen molar-refractivity contribution in [1.82, 2.24) is 0 Å². The van der Waals surface area contributed by atoms with E-state index in [0.29, 0.717) is 29.3 Å². The first-order valence-electron chi connectivity index (χ1n) is 9.41. The van der Waals surface area contributed by atoms with Crippen LogP contribution in [0.1, 0.15) is 65.2 Å². The van der Waals surface area contributed by atoms with Crippen molar-refractivity contribution in [3.05, 3.63) is 11.6 Å². The molecule has 3 saturated carbocycles. The van der Waals surface area contributed by atoms with Gasteiger partial charge in [-0.1, -0.05) is 26.3 Å². The Morgan fingerprint density at radius 3 is 2.59 bits per heavy atom. The second kappa shape index (κ2) is 4.83. The Balaban J connectivity index is 1.73. The van der Waals surface area contributed by atoms with Crippen LogP contribution >= 0.6 is 0 Å². The van der Waals surface area contributed by atoms with E-state index in [4.69, 9.17) is 0 Å². The normalized spacial score (nSPS) is 53.6. The zero-order valence-corrected chi connectivity index (χ0v) is 14.3. The van der Waals surface area contributed by atoms with Crippen LogP contribution in [0.4, 0.5) is 0 Å². The Bertz CT molecular complexity index is 498. The zero-order chi connectivity index (χ0) is 15.6. The summed E-state index contributed by atoms with van der Waals surface area (Å²) in [5.74, 6) is 2.11. The van der Waals surface area contributed by atoms with Crippen molar-refractivity contribution in [2.24, 2.45) is 34.0 Å². The van der Waals surface area contributed by atoms with Gasteiger partial charge < -0.3 is 10.2 Å². The molecule has 0 amide bonds. The van der Waals surface area contributed by atoms with Crippen LogP contribution in [0.3, 0.4) is 0 Å². The highest BCUT2D eigenvalue weighted by Gasteiger charge is 2.62. The third-order valence-corrected chi connectivity index (χ3v) is 8.46. The Labute approximate surface area is 135 Å². The summed E-state index contributed by atoms with van der Waals surface area (Å²) < 4.78 is 0. The van der Waals surface area contributed by atoms with Crippen LogP contribution in [0.25, 0.3) is 0 Å². The first-order chi connectivity index (χ1) is 10.5. The average Bonchev–Trinajstić information content (AvgIpc) is 2.77. The summed E-state index contributed by atoms with van der Waals surface area (Å²) in [4.78, 5) is 0. The molecule has 0 aromatic carbocycles. The number of rotatable bonds is 2. The molecule has 6 atom stereocenters. The molecule has 0 aromatic rings. The Morgan fingerprint density at radius 2 is 1.86 bits per heavy atom. The van der Waals surface area contributed by atoms with Gasteiger partial charge in [-0.25, -0.2) is 0 Å². The number of aliphatic hydroxyl groups is 2. The summed E-state index contributed by atoms with van der Waals surface area (Å²) in [5, 5.41) is 19.8. The maximum Gasteiger partial charge on any atom is 0.0644 e. The van der Waals surface area contributed by atoms with E-state index in [9.17, 15) is 10.2 Å². The molecule has 0 saturated heterocycles. The molecule has 2 heteroatoms. The van der Waals surface area contributed by atoms with Crippen LogP contribution in [0.15, 0.2) is 11.6 Å². The second-order valence-electron chi connectivity index (χ2n) is 9.40. The monoisotopic (exact) mass is 304 g/mol. The molecule has 2 nitrogen and oxygen atoms in total. The molecule has 0 heterocycles. The SMILES string of the molecule is C[C@]1(CO)CCC[C@@]2(C)[C@H]1CC[C@@]13C=C(CO)[C@@H](CC[C@@H]12)C3. The maximum absolute atomic E-state index is 10.1. The molecule has 3 fully saturated rings. The molecule has 4 aliphatic carbocycles. The number of fused-ring (bicyclic) bond motifs is 3. The average molecular weight is 304 g/mol. The van der Waals surface area contributed by atoms with E-state index in [0.717, 1.165) is 5.92 Å². The molecule has 4 aliphatic rings. The Hall–Kier alpha value is -0.340. The minimum atomic E-state index is 0.133. The van der Waals surface area contributed by atoms with Gasteiger partial charge in [-0.15, -0.1) is 0 Å². The van der Waals surface area contributed by atoms with Gasteiger partial charge in [0.2, 0.25) is 0 Å². The number of hydrogen-bond acceptors (Lipinski definition) is 2. The minimum Gasteiger partial charge on any atom is -0.396 e. The van der Waals surface area contributed by atoms with E-state index in [-0.39, 0.29) is 12.0 Å². The molecule has 1 spiro atoms. The molecule has 22 heavy (non-hydrogen) atoms. The fraction of sp³-hybridized carbons (Fsp3) is 0.900. The second-order valence-corrected chi connectivity index (χ2v) is 9.40. The highest BCUT2D eigenvalue weighted by atomic mass is 16.3. The molecule has 2 N–H and O–H groups in total. The zero-order valence-electron chi connectivity index (χ0n) is 14.3. The lowest BCUT2D eigenvalue weighted by molar-refractivity contribution is -0.149. The van der Waals surface area contributed by atoms with Gasteiger partial charge in [-0.05, 0) is 84.5 Å². The van der Waals surface area contributed by atoms with Crippen LogP contribution in [0, 0.1) is 34.0 Å². The predicted octanol–water partition coefficient (Wildman–Crippen LogP) is 3.92. The summed E-state index contributed by atoms with van der Waals surface area (Å²) in [6.07, 6.45) is 12.8. The highest BCUT2D eigenvalue weighted by Crippen LogP contribution is 2.70. The van der Waals surface area contributed by atoms with Crippen molar-refractivity contribution in [2.75, 3.05) is 13.2 Å². The fourth-order valence-electron chi connectivity index (χ4n) is 7.55. The van der Waals surface area contributed by atoms with Crippen LogP contribution in [-0.4, -0.2) is 23.4 Å². The number of hydrogen-bond donors (Lipinski definition) is 2.